The molecule has 0 saturated carbocycles. The summed E-state index contributed by atoms with van der Waals surface area (Å²) in [5.74, 6) is -0.681. The molecule has 0 aromatic heterocycles. The standard InChI is InChI=1S/C27H28N2O5/c1-29(2)18-13-12-17(25(15-18)33-3)14-24(26(30)31)28-27(32)34-16-23-21-10-6-4-8-19(21)20-9-5-7-11-22(20)23/h4-13,15,23-24H,14,16H2,1-3H3,(H,28,32)(H,30,31). The van der Waals surface area contributed by atoms with E-state index in [0.717, 1.165) is 27.9 Å². The van der Waals surface area contributed by atoms with E-state index in [1.54, 1.807) is 0 Å². The molecule has 1 aliphatic rings. The van der Waals surface area contributed by atoms with Crippen molar-refractivity contribution in [2.75, 3.05) is 32.7 Å². The first kappa shape index (κ1) is 23.2. The third-order valence-corrected chi connectivity index (χ3v) is 6.14. The van der Waals surface area contributed by atoms with E-state index >= 15 is 0 Å². The van der Waals surface area contributed by atoms with Gasteiger partial charge in [-0.15, -0.1) is 0 Å². The lowest BCUT2D eigenvalue weighted by molar-refractivity contribution is -0.139. The summed E-state index contributed by atoms with van der Waals surface area (Å²) in [5, 5.41) is 12.2. The van der Waals surface area contributed by atoms with Crippen molar-refractivity contribution in [3.63, 3.8) is 0 Å². The number of rotatable bonds is 8. The van der Waals surface area contributed by atoms with Gasteiger partial charge in [0.2, 0.25) is 0 Å². The number of carboxylic acid groups (broad SMARTS) is 1. The number of carbonyl (C=O) groups excluding carboxylic acids is 1. The van der Waals surface area contributed by atoms with Gasteiger partial charge in [0, 0.05) is 38.2 Å². The minimum Gasteiger partial charge on any atom is -0.496 e. The van der Waals surface area contributed by atoms with E-state index < -0.39 is 18.1 Å². The maximum atomic E-state index is 12.6. The number of hydrogen-bond donors (Lipinski definition) is 2. The highest BCUT2D eigenvalue weighted by atomic mass is 16.5. The van der Waals surface area contributed by atoms with E-state index in [0.29, 0.717) is 11.3 Å². The van der Waals surface area contributed by atoms with Gasteiger partial charge in [0.1, 0.15) is 18.4 Å². The summed E-state index contributed by atoms with van der Waals surface area (Å²) in [6.07, 6.45) is -0.700. The fraction of sp³-hybridized carbons (Fsp3) is 0.259. The van der Waals surface area contributed by atoms with Crippen LogP contribution in [0.3, 0.4) is 0 Å². The Bertz CT molecular complexity index is 1160. The number of benzene rings is 3. The predicted octanol–water partition coefficient (Wildman–Crippen LogP) is 4.30. The lowest BCUT2D eigenvalue weighted by Gasteiger charge is -2.19. The quantitative estimate of drug-likeness (QED) is 0.521. The summed E-state index contributed by atoms with van der Waals surface area (Å²) in [6, 6.07) is 20.5. The number of aliphatic carboxylic acids is 1. The van der Waals surface area contributed by atoms with Crippen LogP contribution in [0.15, 0.2) is 66.7 Å². The highest BCUT2D eigenvalue weighted by Crippen LogP contribution is 2.44. The monoisotopic (exact) mass is 460 g/mol. The van der Waals surface area contributed by atoms with Crippen molar-refractivity contribution in [3.05, 3.63) is 83.4 Å². The van der Waals surface area contributed by atoms with Crippen LogP contribution in [0.5, 0.6) is 5.75 Å². The molecule has 0 fully saturated rings. The summed E-state index contributed by atoms with van der Waals surface area (Å²) in [7, 11) is 5.35. The zero-order valence-corrected chi connectivity index (χ0v) is 19.4. The Labute approximate surface area is 198 Å². The molecule has 1 amide bonds. The Hall–Kier alpha value is -4.00. The Morgan fingerprint density at radius 2 is 1.62 bits per heavy atom. The van der Waals surface area contributed by atoms with Crippen LogP contribution in [0, 0.1) is 0 Å². The van der Waals surface area contributed by atoms with Gasteiger partial charge in [-0.2, -0.15) is 0 Å². The molecule has 0 spiro atoms. The number of alkyl carbamates (subject to hydrolysis) is 1. The van der Waals surface area contributed by atoms with E-state index in [2.05, 4.69) is 17.4 Å². The maximum Gasteiger partial charge on any atom is 0.407 e. The molecule has 0 bridgehead atoms. The molecule has 2 N–H and O–H groups in total. The van der Waals surface area contributed by atoms with Crippen molar-refractivity contribution in [2.45, 2.75) is 18.4 Å². The first-order chi connectivity index (χ1) is 16.4. The van der Waals surface area contributed by atoms with Crippen LogP contribution < -0.4 is 15.0 Å². The summed E-state index contributed by atoms with van der Waals surface area (Å²) < 4.78 is 11.0. The van der Waals surface area contributed by atoms with Crippen LogP contribution in [-0.4, -0.2) is 51.0 Å². The van der Waals surface area contributed by atoms with Crippen molar-refractivity contribution < 1.29 is 24.2 Å². The van der Waals surface area contributed by atoms with Gasteiger partial charge in [-0.25, -0.2) is 9.59 Å². The van der Waals surface area contributed by atoms with Gasteiger partial charge >= 0.3 is 12.1 Å². The van der Waals surface area contributed by atoms with E-state index in [-0.39, 0.29) is 18.9 Å². The first-order valence-corrected chi connectivity index (χ1v) is 11.1. The third-order valence-electron chi connectivity index (χ3n) is 6.14. The minimum absolute atomic E-state index is 0.0659. The lowest BCUT2D eigenvalue weighted by Crippen LogP contribution is -2.43. The van der Waals surface area contributed by atoms with Gasteiger partial charge in [-0.3, -0.25) is 0 Å². The number of nitrogens with zero attached hydrogens (tertiary/aromatic N) is 1. The van der Waals surface area contributed by atoms with E-state index in [4.69, 9.17) is 9.47 Å². The first-order valence-electron chi connectivity index (χ1n) is 11.1. The molecular formula is C27H28N2O5. The SMILES string of the molecule is COc1cc(N(C)C)ccc1CC(NC(=O)OCC1c2ccccc2-c2ccccc21)C(=O)O. The van der Waals surface area contributed by atoms with Gasteiger partial charge in [-0.05, 0) is 33.9 Å². The average molecular weight is 461 g/mol. The number of hydrogen-bond acceptors (Lipinski definition) is 5. The van der Waals surface area contributed by atoms with Crippen molar-refractivity contribution in [1.82, 2.24) is 5.32 Å². The molecule has 3 aromatic rings. The van der Waals surface area contributed by atoms with Crippen LogP contribution in [0.25, 0.3) is 11.1 Å². The molecule has 0 heterocycles. The lowest BCUT2D eigenvalue weighted by atomic mass is 9.98. The smallest absolute Gasteiger partial charge is 0.407 e. The van der Waals surface area contributed by atoms with Gasteiger partial charge < -0.3 is 24.8 Å². The molecule has 1 unspecified atom stereocenters. The van der Waals surface area contributed by atoms with Crippen LogP contribution >= 0.6 is 0 Å². The highest BCUT2D eigenvalue weighted by Gasteiger charge is 2.30. The predicted molar refractivity (Wildman–Crippen MR) is 131 cm³/mol. The third kappa shape index (κ3) is 4.69. The molecule has 1 aliphatic carbocycles. The Balaban J connectivity index is 1.44. The maximum absolute atomic E-state index is 12.6. The molecule has 4 rings (SSSR count). The van der Waals surface area contributed by atoms with Gasteiger partial charge in [-0.1, -0.05) is 54.6 Å². The molecule has 34 heavy (non-hydrogen) atoms. The van der Waals surface area contributed by atoms with Crippen molar-refractivity contribution >= 4 is 17.7 Å². The Morgan fingerprint density at radius 3 is 2.18 bits per heavy atom. The zero-order chi connectivity index (χ0) is 24.2. The summed E-state index contributed by atoms with van der Waals surface area (Å²) in [4.78, 5) is 26.4. The Morgan fingerprint density at radius 1 is 1.00 bits per heavy atom. The fourth-order valence-electron chi connectivity index (χ4n) is 4.38. The average Bonchev–Trinajstić information content (AvgIpc) is 3.16. The molecule has 7 heteroatoms. The Kier molecular flexibility index (Phi) is 6.72. The molecule has 0 radical (unpaired) electrons. The number of carboxylic acids is 1. The second-order valence-corrected chi connectivity index (χ2v) is 8.46. The van der Waals surface area contributed by atoms with E-state index in [1.807, 2.05) is 73.6 Å². The second-order valence-electron chi connectivity index (χ2n) is 8.46. The van der Waals surface area contributed by atoms with E-state index in [9.17, 15) is 14.7 Å². The fourth-order valence-corrected chi connectivity index (χ4v) is 4.38. The number of nitrogens with one attached hydrogen (secondary N) is 1. The minimum atomic E-state index is -1.16. The number of ether oxygens (including phenoxy) is 2. The van der Waals surface area contributed by atoms with Crippen molar-refractivity contribution in [2.24, 2.45) is 0 Å². The summed E-state index contributed by atoms with van der Waals surface area (Å²) >= 11 is 0. The number of carbonyl (C=O) groups is 2. The second kappa shape index (κ2) is 9.87. The highest BCUT2D eigenvalue weighted by molar-refractivity contribution is 5.81. The van der Waals surface area contributed by atoms with Gasteiger partial charge in [0.05, 0.1) is 7.11 Å². The van der Waals surface area contributed by atoms with Crippen molar-refractivity contribution in [3.8, 4) is 16.9 Å². The number of fused-ring (bicyclic) bond motifs is 3. The number of anilines is 1. The normalized spacial score (nSPS) is 12.9. The molecular weight excluding hydrogens is 432 g/mol. The van der Waals surface area contributed by atoms with Gasteiger partial charge in [0.15, 0.2) is 0 Å². The molecule has 0 aliphatic heterocycles. The van der Waals surface area contributed by atoms with Crippen LogP contribution in [0.2, 0.25) is 0 Å². The van der Waals surface area contributed by atoms with Gasteiger partial charge in [0.25, 0.3) is 0 Å². The molecule has 7 nitrogen and oxygen atoms in total. The molecule has 1 atom stereocenters. The van der Waals surface area contributed by atoms with Crippen molar-refractivity contribution in [1.29, 1.82) is 0 Å². The largest absolute Gasteiger partial charge is 0.496 e. The summed E-state index contributed by atoms with van der Waals surface area (Å²) in [6.45, 7) is 0.118. The molecule has 0 saturated heterocycles. The zero-order valence-electron chi connectivity index (χ0n) is 19.4. The topological polar surface area (TPSA) is 88.1 Å². The van der Waals surface area contributed by atoms with Crippen LogP contribution in [0.4, 0.5) is 10.5 Å². The number of methoxy groups -OCH3 is 1. The van der Waals surface area contributed by atoms with E-state index in [1.165, 1.54) is 7.11 Å². The summed E-state index contributed by atoms with van der Waals surface area (Å²) in [5.41, 5.74) is 6.05. The van der Waals surface area contributed by atoms with Crippen LogP contribution in [-0.2, 0) is 16.0 Å². The molecule has 3 aromatic carbocycles. The van der Waals surface area contributed by atoms with Crippen LogP contribution in [0.1, 0.15) is 22.6 Å². The molecule has 176 valence electrons. The number of amides is 1.